The summed E-state index contributed by atoms with van der Waals surface area (Å²) in [5.74, 6) is -0.556. The van der Waals surface area contributed by atoms with Crippen molar-refractivity contribution in [3.8, 4) is 0 Å². The van der Waals surface area contributed by atoms with Crippen LogP contribution in [0.5, 0.6) is 0 Å². The number of nitrogens with zero attached hydrogens (tertiary/aromatic N) is 2. The SMILES string of the molecule is CC(C)[C@H](NC(=O)c1ccco1)C(=O)Nc1nc2c(s1)CN(C)CC2. The summed E-state index contributed by atoms with van der Waals surface area (Å²) in [5.41, 5.74) is 1.05. The maximum Gasteiger partial charge on any atom is 0.287 e. The predicted octanol–water partition coefficient (Wildman–Crippen LogP) is 2.12. The molecule has 3 rings (SSSR count). The van der Waals surface area contributed by atoms with Crippen LogP contribution >= 0.6 is 11.3 Å². The van der Waals surface area contributed by atoms with Crippen molar-refractivity contribution in [3.05, 3.63) is 34.7 Å². The molecule has 2 aromatic heterocycles. The largest absolute Gasteiger partial charge is 0.459 e. The second-order valence-electron chi connectivity index (χ2n) is 6.54. The highest BCUT2D eigenvalue weighted by Gasteiger charge is 2.27. The van der Waals surface area contributed by atoms with E-state index in [1.165, 1.54) is 22.5 Å². The van der Waals surface area contributed by atoms with Crippen molar-refractivity contribution in [1.82, 2.24) is 15.2 Å². The maximum atomic E-state index is 12.6. The zero-order valence-electron chi connectivity index (χ0n) is 14.5. The summed E-state index contributed by atoms with van der Waals surface area (Å²) in [6.45, 7) is 5.59. The van der Waals surface area contributed by atoms with E-state index in [4.69, 9.17) is 4.42 Å². The second-order valence-corrected chi connectivity index (χ2v) is 7.62. The first kappa shape index (κ1) is 17.6. The van der Waals surface area contributed by atoms with Crippen LogP contribution in [-0.4, -0.2) is 41.3 Å². The Morgan fingerprint density at radius 2 is 2.20 bits per heavy atom. The van der Waals surface area contributed by atoms with Gasteiger partial charge in [0.1, 0.15) is 6.04 Å². The number of thiazole rings is 1. The molecule has 0 radical (unpaired) electrons. The van der Waals surface area contributed by atoms with E-state index in [0.717, 1.165) is 25.2 Å². The van der Waals surface area contributed by atoms with Crippen molar-refractivity contribution in [2.24, 2.45) is 5.92 Å². The summed E-state index contributed by atoms with van der Waals surface area (Å²) in [7, 11) is 2.07. The van der Waals surface area contributed by atoms with Gasteiger partial charge >= 0.3 is 0 Å². The Bertz CT molecular complexity index is 754. The third-order valence-electron chi connectivity index (χ3n) is 4.13. The number of carbonyl (C=O) groups excluding carboxylic acids is 2. The van der Waals surface area contributed by atoms with Crippen molar-refractivity contribution in [3.63, 3.8) is 0 Å². The predicted molar refractivity (Wildman–Crippen MR) is 95.6 cm³/mol. The molecule has 134 valence electrons. The zero-order chi connectivity index (χ0) is 18.0. The minimum absolute atomic E-state index is 0.0698. The third kappa shape index (κ3) is 4.08. The Morgan fingerprint density at radius 1 is 1.40 bits per heavy atom. The lowest BCUT2D eigenvalue weighted by Gasteiger charge is -2.20. The van der Waals surface area contributed by atoms with E-state index < -0.39 is 11.9 Å². The van der Waals surface area contributed by atoms with Crippen molar-refractivity contribution in [2.45, 2.75) is 32.9 Å². The van der Waals surface area contributed by atoms with Crippen molar-refractivity contribution >= 4 is 28.3 Å². The van der Waals surface area contributed by atoms with Crippen LogP contribution in [0, 0.1) is 5.92 Å². The number of hydrogen-bond acceptors (Lipinski definition) is 6. The van der Waals surface area contributed by atoms with Gasteiger partial charge in [0.05, 0.1) is 12.0 Å². The Hall–Kier alpha value is -2.19. The highest BCUT2D eigenvalue weighted by Crippen LogP contribution is 2.28. The molecule has 0 saturated heterocycles. The van der Waals surface area contributed by atoms with Gasteiger partial charge in [0, 0.05) is 24.4 Å². The number of rotatable bonds is 5. The third-order valence-corrected chi connectivity index (χ3v) is 5.13. The smallest absolute Gasteiger partial charge is 0.287 e. The molecule has 1 aliphatic heterocycles. The fraction of sp³-hybridized carbons (Fsp3) is 0.471. The number of carbonyl (C=O) groups is 2. The fourth-order valence-corrected chi connectivity index (χ4v) is 3.81. The van der Waals surface area contributed by atoms with Gasteiger partial charge in [0.15, 0.2) is 10.9 Å². The van der Waals surface area contributed by atoms with Crippen LogP contribution in [0.15, 0.2) is 22.8 Å². The topological polar surface area (TPSA) is 87.5 Å². The van der Waals surface area contributed by atoms with E-state index in [9.17, 15) is 9.59 Å². The number of aromatic nitrogens is 1. The molecule has 0 unspecified atom stereocenters. The van der Waals surface area contributed by atoms with Gasteiger partial charge in [-0.05, 0) is 25.1 Å². The normalized spacial score (nSPS) is 15.7. The molecule has 0 spiro atoms. The molecular weight excluding hydrogens is 340 g/mol. The minimum atomic E-state index is -0.666. The molecular formula is C17H22N4O3S. The molecule has 0 saturated carbocycles. The molecule has 7 nitrogen and oxygen atoms in total. The van der Waals surface area contributed by atoms with Crippen LogP contribution < -0.4 is 10.6 Å². The average Bonchev–Trinajstić information content (AvgIpc) is 3.20. The maximum absolute atomic E-state index is 12.6. The van der Waals surface area contributed by atoms with Gasteiger partial charge in [-0.2, -0.15) is 0 Å². The number of amides is 2. The van der Waals surface area contributed by atoms with Crippen LogP contribution in [0.4, 0.5) is 5.13 Å². The number of hydrogen-bond donors (Lipinski definition) is 2. The zero-order valence-corrected chi connectivity index (χ0v) is 15.4. The Kier molecular flexibility index (Phi) is 5.19. The molecule has 8 heteroatoms. The van der Waals surface area contributed by atoms with Crippen molar-refractivity contribution in [1.29, 1.82) is 0 Å². The number of likely N-dealkylation sites (N-methyl/N-ethyl adjacent to an activating group) is 1. The molecule has 0 aliphatic carbocycles. The van der Waals surface area contributed by atoms with E-state index in [2.05, 4.69) is 27.6 Å². The van der Waals surface area contributed by atoms with Crippen molar-refractivity contribution in [2.75, 3.05) is 18.9 Å². The summed E-state index contributed by atoms with van der Waals surface area (Å²) in [6.07, 6.45) is 2.32. The second kappa shape index (κ2) is 7.37. The highest BCUT2D eigenvalue weighted by atomic mass is 32.1. The first-order valence-corrected chi connectivity index (χ1v) is 9.08. The fourth-order valence-electron chi connectivity index (χ4n) is 2.71. The quantitative estimate of drug-likeness (QED) is 0.851. The van der Waals surface area contributed by atoms with Crippen LogP contribution in [-0.2, 0) is 17.8 Å². The lowest BCUT2D eigenvalue weighted by molar-refractivity contribution is -0.118. The average molecular weight is 362 g/mol. The molecule has 3 heterocycles. The van der Waals surface area contributed by atoms with Gasteiger partial charge in [-0.3, -0.25) is 9.59 Å². The summed E-state index contributed by atoms with van der Waals surface area (Å²) in [5, 5.41) is 6.17. The summed E-state index contributed by atoms with van der Waals surface area (Å²) < 4.78 is 5.08. The lowest BCUT2D eigenvalue weighted by atomic mass is 10.0. The van der Waals surface area contributed by atoms with Crippen LogP contribution in [0.1, 0.15) is 35.0 Å². The number of furan rings is 1. The number of nitrogens with one attached hydrogen (secondary N) is 2. The number of fused-ring (bicyclic) bond motifs is 1. The molecule has 2 aromatic rings. The number of anilines is 1. The van der Waals surface area contributed by atoms with Crippen LogP contribution in [0.3, 0.4) is 0 Å². The van der Waals surface area contributed by atoms with E-state index in [1.54, 1.807) is 12.1 Å². The van der Waals surface area contributed by atoms with E-state index in [0.29, 0.717) is 5.13 Å². The minimum Gasteiger partial charge on any atom is -0.459 e. The van der Waals surface area contributed by atoms with Crippen LogP contribution in [0.25, 0.3) is 0 Å². The van der Waals surface area contributed by atoms with Gasteiger partial charge in [-0.1, -0.05) is 13.8 Å². The first-order chi connectivity index (χ1) is 11.9. The van der Waals surface area contributed by atoms with E-state index >= 15 is 0 Å². The van der Waals surface area contributed by atoms with Gasteiger partial charge in [0.2, 0.25) is 5.91 Å². The Balaban J connectivity index is 1.68. The first-order valence-electron chi connectivity index (χ1n) is 8.26. The standard InChI is InChI=1S/C17H22N4O3S/c1-10(2)14(19-15(22)12-5-4-8-24-12)16(23)20-17-18-11-6-7-21(3)9-13(11)25-17/h4-5,8,10,14H,6-7,9H2,1-3H3,(H,19,22)(H,18,20,23)/t14-/m0/s1. The van der Waals surface area contributed by atoms with Gasteiger partial charge in [0.25, 0.3) is 5.91 Å². The molecule has 0 fully saturated rings. The Morgan fingerprint density at radius 3 is 2.88 bits per heavy atom. The summed E-state index contributed by atoms with van der Waals surface area (Å²) in [4.78, 5) is 32.7. The van der Waals surface area contributed by atoms with Crippen LogP contribution in [0.2, 0.25) is 0 Å². The molecule has 1 atom stereocenters. The highest BCUT2D eigenvalue weighted by molar-refractivity contribution is 7.15. The molecule has 1 aliphatic rings. The van der Waals surface area contributed by atoms with Crippen molar-refractivity contribution < 1.29 is 14.0 Å². The Labute approximate surface area is 150 Å². The molecule has 0 bridgehead atoms. The molecule has 2 amide bonds. The summed E-state index contributed by atoms with van der Waals surface area (Å²) in [6, 6.07) is 2.54. The van der Waals surface area contributed by atoms with E-state index in [-0.39, 0.29) is 17.6 Å². The van der Waals surface area contributed by atoms with E-state index in [1.807, 2.05) is 13.8 Å². The van der Waals surface area contributed by atoms with Gasteiger partial charge in [-0.15, -0.1) is 11.3 Å². The summed E-state index contributed by atoms with van der Waals surface area (Å²) >= 11 is 1.50. The monoisotopic (exact) mass is 362 g/mol. The van der Waals surface area contributed by atoms with Gasteiger partial charge in [-0.25, -0.2) is 4.98 Å². The van der Waals surface area contributed by atoms with Gasteiger partial charge < -0.3 is 20.0 Å². The molecule has 2 N–H and O–H groups in total. The molecule has 25 heavy (non-hydrogen) atoms. The molecule has 0 aromatic carbocycles. The lowest BCUT2D eigenvalue weighted by Crippen LogP contribution is -2.47.